The molecule has 4 bridgehead atoms. The van der Waals surface area contributed by atoms with Gasteiger partial charge in [0.05, 0.1) is 17.1 Å². The van der Waals surface area contributed by atoms with E-state index in [0.29, 0.717) is 36.2 Å². The first-order valence-electron chi connectivity index (χ1n) is 13.0. The van der Waals surface area contributed by atoms with Gasteiger partial charge in [0, 0.05) is 12.1 Å². The molecule has 0 radical (unpaired) electrons. The maximum absolute atomic E-state index is 13.4. The summed E-state index contributed by atoms with van der Waals surface area (Å²) in [5.41, 5.74) is 0.129. The highest BCUT2D eigenvalue weighted by Crippen LogP contribution is 2.55. The number of nitrogens with zero attached hydrogens (tertiary/aromatic N) is 1. The molecule has 1 amide bonds. The van der Waals surface area contributed by atoms with Crippen molar-refractivity contribution in [3.05, 3.63) is 17.7 Å². The van der Waals surface area contributed by atoms with Gasteiger partial charge in [0.2, 0.25) is 0 Å². The van der Waals surface area contributed by atoms with Crippen LogP contribution in [0.2, 0.25) is 0 Å². The van der Waals surface area contributed by atoms with E-state index in [4.69, 9.17) is 4.98 Å². The minimum Gasteiger partial charge on any atom is -0.481 e. The molecule has 4 N–H and O–H groups in total. The molecular formula is C26H37N3O4S. The predicted molar refractivity (Wildman–Crippen MR) is 132 cm³/mol. The van der Waals surface area contributed by atoms with Gasteiger partial charge < -0.3 is 20.8 Å². The van der Waals surface area contributed by atoms with E-state index in [1.807, 2.05) is 12.1 Å². The van der Waals surface area contributed by atoms with Crippen molar-refractivity contribution in [1.82, 2.24) is 10.3 Å². The summed E-state index contributed by atoms with van der Waals surface area (Å²) in [5, 5.41) is 27.7. The van der Waals surface area contributed by atoms with E-state index in [9.17, 15) is 19.8 Å². The highest BCUT2D eigenvalue weighted by atomic mass is 32.2. The molecule has 1 aromatic rings. The molecule has 34 heavy (non-hydrogen) atoms. The Morgan fingerprint density at radius 3 is 2.44 bits per heavy atom. The SMILES string of the molecule is CCCSc1nc(NC2CCC(C(=O)O)CC2)ccc1C(=O)NC1C2CC3CC1CC(O)(C3)C2. The maximum atomic E-state index is 13.4. The Labute approximate surface area is 205 Å². The quantitative estimate of drug-likeness (QED) is 0.404. The number of thioether (sulfide) groups is 1. The Hall–Kier alpha value is -1.80. The van der Waals surface area contributed by atoms with Gasteiger partial charge in [-0.25, -0.2) is 4.98 Å². The van der Waals surface area contributed by atoms with Gasteiger partial charge in [-0.2, -0.15) is 0 Å². The van der Waals surface area contributed by atoms with E-state index in [1.54, 1.807) is 11.8 Å². The summed E-state index contributed by atoms with van der Waals surface area (Å²) in [6.07, 6.45) is 8.80. The van der Waals surface area contributed by atoms with Crippen LogP contribution in [0.1, 0.15) is 81.5 Å². The van der Waals surface area contributed by atoms with Gasteiger partial charge in [-0.05, 0) is 99.8 Å². The normalized spacial score (nSPS) is 36.3. The zero-order chi connectivity index (χ0) is 23.9. The second-order valence-electron chi connectivity index (χ2n) is 11.1. The molecule has 0 aliphatic heterocycles. The van der Waals surface area contributed by atoms with Gasteiger partial charge in [0.25, 0.3) is 5.91 Å². The van der Waals surface area contributed by atoms with Crippen molar-refractivity contribution in [1.29, 1.82) is 0 Å². The van der Waals surface area contributed by atoms with Gasteiger partial charge in [-0.15, -0.1) is 11.8 Å². The number of aliphatic carboxylic acids is 1. The number of aromatic nitrogens is 1. The van der Waals surface area contributed by atoms with Gasteiger partial charge in [0.1, 0.15) is 10.8 Å². The fourth-order valence-electron chi connectivity index (χ4n) is 7.14. The molecule has 5 aliphatic carbocycles. The van der Waals surface area contributed by atoms with E-state index in [-0.39, 0.29) is 23.9 Å². The van der Waals surface area contributed by atoms with Crippen LogP contribution in [0, 0.1) is 23.7 Å². The van der Waals surface area contributed by atoms with E-state index in [0.717, 1.165) is 68.0 Å². The average molecular weight is 488 g/mol. The van der Waals surface area contributed by atoms with Crippen molar-refractivity contribution in [3.63, 3.8) is 0 Å². The van der Waals surface area contributed by atoms with Crippen LogP contribution >= 0.6 is 11.8 Å². The van der Waals surface area contributed by atoms with Crippen LogP contribution in [0.15, 0.2) is 17.2 Å². The molecule has 2 unspecified atom stereocenters. The number of carboxylic acid groups (broad SMARTS) is 1. The highest BCUT2D eigenvalue weighted by Gasteiger charge is 2.55. The van der Waals surface area contributed by atoms with E-state index < -0.39 is 11.6 Å². The highest BCUT2D eigenvalue weighted by molar-refractivity contribution is 7.99. The van der Waals surface area contributed by atoms with Crippen LogP contribution in [0.3, 0.4) is 0 Å². The number of amides is 1. The molecule has 0 aromatic carbocycles. The molecule has 7 nitrogen and oxygen atoms in total. The van der Waals surface area contributed by atoms with Gasteiger partial charge in [-0.3, -0.25) is 9.59 Å². The van der Waals surface area contributed by atoms with Crippen molar-refractivity contribution >= 4 is 29.5 Å². The molecule has 8 heteroatoms. The molecule has 1 heterocycles. The molecule has 5 aliphatic rings. The van der Waals surface area contributed by atoms with E-state index >= 15 is 0 Å². The number of hydrogen-bond donors (Lipinski definition) is 4. The van der Waals surface area contributed by atoms with E-state index in [1.165, 1.54) is 0 Å². The first-order chi connectivity index (χ1) is 16.3. The predicted octanol–water partition coefficient (Wildman–Crippen LogP) is 4.31. The number of hydrogen-bond acceptors (Lipinski definition) is 6. The Morgan fingerprint density at radius 1 is 1.12 bits per heavy atom. The number of pyridine rings is 1. The van der Waals surface area contributed by atoms with Crippen molar-refractivity contribution in [2.24, 2.45) is 23.7 Å². The first-order valence-corrected chi connectivity index (χ1v) is 14.0. The Bertz CT molecular complexity index is 917. The smallest absolute Gasteiger partial charge is 0.306 e. The molecule has 5 saturated carbocycles. The van der Waals surface area contributed by atoms with Crippen LogP contribution in [0.4, 0.5) is 5.82 Å². The van der Waals surface area contributed by atoms with Crippen molar-refractivity contribution in [3.8, 4) is 0 Å². The number of carboxylic acids is 1. The second kappa shape index (κ2) is 9.69. The lowest BCUT2D eigenvalue weighted by Crippen LogP contribution is -2.61. The minimum atomic E-state index is -0.696. The Kier molecular flexibility index (Phi) is 6.81. The number of nitrogens with one attached hydrogen (secondary N) is 2. The first kappa shape index (κ1) is 23.9. The molecule has 5 fully saturated rings. The zero-order valence-corrected chi connectivity index (χ0v) is 20.8. The summed E-state index contributed by atoms with van der Waals surface area (Å²) in [5.74, 6) is 2.03. The lowest BCUT2D eigenvalue weighted by atomic mass is 9.52. The van der Waals surface area contributed by atoms with Gasteiger partial charge in [0.15, 0.2) is 0 Å². The summed E-state index contributed by atoms with van der Waals surface area (Å²) in [6, 6.07) is 4.13. The average Bonchev–Trinajstić information content (AvgIpc) is 2.79. The van der Waals surface area contributed by atoms with Crippen LogP contribution in [0.5, 0.6) is 0 Å². The van der Waals surface area contributed by atoms with Crippen LogP contribution < -0.4 is 10.6 Å². The van der Waals surface area contributed by atoms with Crippen molar-refractivity contribution in [2.75, 3.05) is 11.1 Å². The number of anilines is 1. The molecule has 1 aromatic heterocycles. The number of aliphatic hydroxyl groups is 1. The third kappa shape index (κ3) is 4.94. The van der Waals surface area contributed by atoms with Crippen molar-refractivity contribution in [2.45, 2.75) is 93.8 Å². The summed E-state index contributed by atoms with van der Waals surface area (Å²) >= 11 is 1.62. The van der Waals surface area contributed by atoms with Crippen LogP contribution in [0.25, 0.3) is 0 Å². The molecule has 0 spiro atoms. The third-order valence-electron chi connectivity index (χ3n) is 8.51. The van der Waals surface area contributed by atoms with Crippen LogP contribution in [-0.4, -0.2) is 50.5 Å². The topological polar surface area (TPSA) is 112 Å². The maximum Gasteiger partial charge on any atom is 0.306 e. The van der Waals surface area contributed by atoms with Crippen molar-refractivity contribution < 1.29 is 19.8 Å². The lowest BCUT2D eigenvalue weighted by Gasteiger charge is -2.58. The number of rotatable bonds is 8. The van der Waals surface area contributed by atoms with Gasteiger partial charge >= 0.3 is 5.97 Å². The second-order valence-corrected chi connectivity index (χ2v) is 12.2. The lowest BCUT2D eigenvalue weighted by molar-refractivity contribution is -0.142. The fraction of sp³-hybridized carbons (Fsp3) is 0.731. The Morgan fingerprint density at radius 2 is 1.82 bits per heavy atom. The standard InChI is InChI=1S/C26H37N3O4S/c1-2-9-34-24-20(7-8-21(28-24)27-19-5-3-16(4-6-19)25(31)32)23(30)29-22-17-10-15-11-18(22)14-26(33,12-15)13-17/h7-8,15-19,22,33H,2-6,9-14H2,1H3,(H,27,28)(H,29,30)(H,31,32). The van der Waals surface area contributed by atoms with Gasteiger partial charge in [-0.1, -0.05) is 6.92 Å². The summed E-state index contributed by atoms with van der Waals surface area (Å²) in [7, 11) is 0. The molecule has 0 saturated heterocycles. The van der Waals surface area contributed by atoms with Crippen LogP contribution in [-0.2, 0) is 4.79 Å². The fourth-order valence-corrected chi connectivity index (χ4v) is 8.02. The molecule has 6 rings (SSSR count). The number of carbonyl (C=O) groups is 2. The summed E-state index contributed by atoms with van der Waals surface area (Å²) in [4.78, 5) is 29.4. The molecule has 2 atom stereocenters. The summed E-state index contributed by atoms with van der Waals surface area (Å²) < 4.78 is 0. The van der Waals surface area contributed by atoms with E-state index in [2.05, 4.69) is 17.6 Å². The summed E-state index contributed by atoms with van der Waals surface area (Å²) in [6.45, 7) is 2.12. The zero-order valence-electron chi connectivity index (χ0n) is 20.0. The minimum absolute atomic E-state index is 0.0518. The Balaban J connectivity index is 1.26. The monoisotopic (exact) mass is 487 g/mol. The molecule has 186 valence electrons. The number of carbonyl (C=O) groups excluding carboxylic acids is 1. The largest absolute Gasteiger partial charge is 0.481 e. The third-order valence-corrected chi connectivity index (χ3v) is 9.71. The molecular weight excluding hydrogens is 450 g/mol.